The van der Waals surface area contributed by atoms with Crippen LogP contribution >= 0.6 is 10.6 Å². The molecule has 322 valence electrons. The molecular weight excluding hydrogens is 789 g/mol. The lowest BCUT2D eigenvalue weighted by Gasteiger charge is -2.44. The molecule has 4 atom stereocenters. The molecule has 4 aromatic rings. The minimum absolute atomic E-state index is 0.200. The van der Waals surface area contributed by atoms with Gasteiger partial charge in [0.1, 0.15) is 23.7 Å². The molecule has 17 heteroatoms. The van der Waals surface area contributed by atoms with Gasteiger partial charge >= 0.3 is 12.2 Å². The fraction of sp³-hybridized carbons (Fsp3) is 0.488. The first kappa shape index (κ1) is 42.7. The van der Waals surface area contributed by atoms with Crippen molar-refractivity contribution in [2.45, 2.75) is 84.0 Å². The van der Waals surface area contributed by atoms with Gasteiger partial charge in [-0.05, 0) is 60.5 Å². The number of nitrogens with zero attached hydrogens (tertiary/aromatic N) is 4. The number of aromatic nitrogens is 4. The molecule has 3 aliphatic rings. The molecule has 3 fully saturated rings. The van der Waals surface area contributed by atoms with Crippen molar-refractivity contribution in [2.24, 2.45) is 17.3 Å². The fourth-order valence-corrected chi connectivity index (χ4v) is 10.6. The van der Waals surface area contributed by atoms with Crippen LogP contribution in [0.2, 0.25) is 0 Å². The predicted molar refractivity (Wildman–Crippen MR) is 228 cm³/mol. The van der Waals surface area contributed by atoms with Gasteiger partial charge in [-0.15, -0.1) is 0 Å². The van der Waals surface area contributed by atoms with Crippen LogP contribution in [-0.2, 0) is 14.3 Å². The molecule has 3 aliphatic heterocycles. The average Bonchev–Trinajstić information content (AvgIpc) is 4.06. The molecule has 3 saturated heterocycles. The number of ether oxygens (including phenoxy) is 1. The van der Waals surface area contributed by atoms with Gasteiger partial charge in [0.15, 0.2) is 0 Å². The van der Waals surface area contributed by atoms with Crippen LogP contribution in [0.3, 0.4) is 0 Å². The van der Waals surface area contributed by atoms with E-state index in [0.717, 1.165) is 46.5 Å². The van der Waals surface area contributed by atoms with Gasteiger partial charge in [0, 0.05) is 48.1 Å². The molecule has 16 nitrogen and oxygen atoms in total. The van der Waals surface area contributed by atoms with Gasteiger partial charge < -0.3 is 40.2 Å². The van der Waals surface area contributed by atoms with Crippen molar-refractivity contribution >= 4 is 34.6 Å². The number of hydrogen-bond acceptors (Lipinski definition) is 9. The molecule has 0 aliphatic carbocycles. The lowest BCUT2D eigenvalue weighted by Crippen LogP contribution is -2.51. The third-order valence-electron chi connectivity index (χ3n) is 12.4. The quantitative estimate of drug-likeness (QED) is 0.0799. The second-order valence-corrected chi connectivity index (χ2v) is 19.5. The fourth-order valence-electron chi connectivity index (χ4n) is 8.88. The number of H-pyrrole nitrogens is 2. The van der Waals surface area contributed by atoms with E-state index in [1.807, 2.05) is 88.6 Å². The Morgan fingerprint density at radius 2 is 1.25 bits per heavy atom. The average molecular weight is 845 g/mol. The Labute approximate surface area is 351 Å². The maximum absolute atomic E-state index is 14.2. The number of alkyl carbamates (subject to hydrolysis) is 1. The number of nitrogens with one attached hydrogen (secondary N) is 4. The van der Waals surface area contributed by atoms with Crippen LogP contribution in [-0.4, -0.2) is 112 Å². The summed E-state index contributed by atoms with van der Waals surface area (Å²) in [6.45, 7) is 8.36. The Hall–Kier alpha value is -5.39. The molecule has 2 aromatic carbocycles. The third kappa shape index (κ3) is 9.02. The molecule has 7 rings (SSSR count). The van der Waals surface area contributed by atoms with Crippen LogP contribution in [0.25, 0.3) is 33.6 Å². The minimum Gasteiger partial charge on any atom is -0.465 e. The number of benzene rings is 2. The van der Waals surface area contributed by atoms with Crippen molar-refractivity contribution in [3.63, 3.8) is 0 Å². The van der Waals surface area contributed by atoms with Crippen molar-refractivity contribution in [1.29, 1.82) is 0 Å². The predicted octanol–water partition coefficient (Wildman–Crippen LogP) is 7.27. The van der Waals surface area contributed by atoms with Gasteiger partial charge in [-0.25, -0.2) is 19.6 Å². The summed E-state index contributed by atoms with van der Waals surface area (Å²) in [7, 11) is -1.36. The van der Waals surface area contributed by atoms with Gasteiger partial charge in [-0.2, -0.15) is 10.6 Å². The topological polar surface area (TPSA) is 226 Å². The van der Waals surface area contributed by atoms with Gasteiger partial charge in [0.25, 0.3) is 0 Å². The molecule has 4 amide bonds. The first-order valence-electron chi connectivity index (χ1n) is 20.6. The van der Waals surface area contributed by atoms with E-state index in [9.17, 15) is 33.4 Å². The maximum atomic E-state index is 14.2. The largest absolute Gasteiger partial charge is 0.465 e. The monoisotopic (exact) mass is 844 g/mol. The van der Waals surface area contributed by atoms with Gasteiger partial charge in [-0.3, -0.25) is 18.7 Å². The number of hydrogen-bond donors (Lipinski definition) is 7. The van der Waals surface area contributed by atoms with Crippen molar-refractivity contribution in [2.75, 3.05) is 31.7 Å². The molecule has 0 saturated carbocycles. The van der Waals surface area contributed by atoms with Crippen LogP contribution in [0.1, 0.15) is 83.5 Å². The zero-order chi connectivity index (χ0) is 42.9. The molecule has 0 radical (unpaired) electrons. The Morgan fingerprint density at radius 3 is 1.75 bits per heavy atom. The first-order chi connectivity index (χ1) is 28.6. The number of likely N-dealkylation sites (tertiary alicyclic amines) is 2. The van der Waals surface area contributed by atoms with Crippen molar-refractivity contribution in [3.05, 3.63) is 72.6 Å². The molecular formula is C43H56N8O8S. The highest BCUT2D eigenvalue weighted by molar-refractivity contribution is 8.24. The molecule has 2 aromatic heterocycles. The van der Waals surface area contributed by atoms with E-state index in [1.165, 1.54) is 7.11 Å². The number of rotatable bonds is 11. The van der Waals surface area contributed by atoms with E-state index >= 15 is 0 Å². The summed E-state index contributed by atoms with van der Waals surface area (Å²) in [4.78, 5) is 71.2. The zero-order valence-corrected chi connectivity index (χ0v) is 35.5. The summed E-state index contributed by atoms with van der Waals surface area (Å²) in [5, 5.41) is 14.4. The molecule has 1 unspecified atom stereocenters. The van der Waals surface area contributed by atoms with Crippen molar-refractivity contribution in [3.8, 4) is 33.6 Å². The normalized spacial score (nSPS) is 21.2. The smallest absolute Gasteiger partial charge is 0.407 e. The van der Waals surface area contributed by atoms with E-state index in [0.29, 0.717) is 55.5 Å². The number of carboxylic acid groups (broad SMARTS) is 1. The van der Waals surface area contributed by atoms with E-state index in [2.05, 4.69) is 20.6 Å². The summed E-state index contributed by atoms with van der Waals surface area (Å²) in [6.07, 6.45) is 5.09. The summed E-state index contributed by atoms with van der Waals surface area (Å²) < 4.78 is 25.6. The van der Waals surface area contributed by atoms with Crippen LogP contribution < -0.4 is 10.6 Å². The Morgan fingerprint density at radius 1 is 0.767 bits per heavy atom. The van der Waals surface area contributed by atoms with Gasteiger partial charge in [0.05, 0.1) is 30.6 Å². The Kier molecular flexibility index (Phi) is 12.3. The third-order valence-corrected chi connectivity index (χ3v) is 14.1. The van der Waals surface area contributed by atoms with E-state index in [1.54, 1.807) is 9.80 Å². The highest BCUT2D eigenvalue weighted by Crippen LogP contribution is 2.56. The highest BCUT2D eigenvalue weighted by atomic mass is 32.3. The summed E-state index contributed by atoms with van der Waals surface area (Å²) >= 11 is 0. The number of aromatic amines is 2. The molecule has 1 spiro atoms. The molecule has 60 heavy (non-hydrogen) atoms. The van der Waals surface area contributed by atoms with Crippen LogP contribution in [0.15, 0.2) is 60.9 Å². The highest BCUT2D eigenvalue weighted by Gasteiger charge is 2.51. The van der Waals surface area contributed by atoms with E-state index < -0.39 is 40.9 Å². The van der Waals surface area contributed by atoms with Gasteiger partial charge in [0.2, 0.25) is 11.8 Å². The number of imidazole rings is 2. The summed E-state index contributed by atoms with van der Waals surface area (Å²) in [5.74, 6) is 1.04. The first-order valence-corrected chi connectivity index (χ1v) is 22.5. The Balaban J connectivity index is 1.05. The SMILES string of the molecule is COC(=O)N[C@H](C(=O)N1CC2(CCS(O)(O)CC2)CC1c1nc(-c2ccc(-c3ccc(-c4c[nH]c([C@@H]5CCCN5C(=O)[C@@H](NC(=O)O)C(C)C)n4)cc3)cc2)c[nH]1)C(C)C. The number of amides is 4. The number of methoxy groups -OCH3 is 1. The Bertz CT molecular complexity index is 2180. The molecule has 5 heterocycles. The minimum atomic E-state index is -2.63. The van der Waals surface area contributed by atoms with E-state index in [4.69, 9.17) is 14.7 Å². The second-order valence-electron chi connectivity index (χ2n) is 17.1. The van der Waals surface area contributed by atoms with Gasteiger partial charge in [-0.1, -0.05) is 76.2 Å². The molecule has 7 N–H and O–H groups in total. The molecule has 0 bridgehead atoms. The lowest BCUT2D eigenvalue weighted by molar-refractivity contribution is -0.136. The van der Waals surface area contributed by atoms with E-state index in [-0.39, 0.29) is 35.1 Å². The second kappa shape index (κ2) is 17.3. The maximum Gasteiger partial charge on any atom is 0.407 e. The standard InChI is InChI=1S/C43H56N8O8S/c1-25(2)35(48-41(54)55)39(52)50-18-6-7-33(50)37-44-22-31(46-37)29-12-8-27(9-13-29)28-10-14-30(15-11-28)32-23-45-38(47-32)34-21-43(16-19-60(57,58)20-17-43)24-51(34)40(53)36(26(3)4)49-42(56)59-5/h8-15,22-23,25-26,33-36,48,57-58H,6-7,16-21,24H2,1-5H3,(H,44,46)(H,45,47)(H,49,56)(H,54,55)/t33-,34?,35-,36-/m0/s1. The number of carbonyl (C=O) groups excluding carboxylic acids is 3. The summed E-state index contributed by atoms with van der Waals surface area (Å²) in [6, 6.07) is 13.9. The lowest BCUT2D eigenvalue weighted by atomic mass is 9.80. The van der Waals surface area contributed by atoms with Crippen LogP contribution in [0.4, 0.5) is 9.59 Å². The summed E-state index contributed by atoms with van der Waals surface area (Å²) in [5.41, 5.74) is 5.00. The number of carbonyl (C=O) groups is 4. The van der Waals surface area contributed by atoms with Crippen molar-refractivity contribution in [1.82, 2.24) is 40.4 Å². The van der Waals surface area contributed by atoms with Crippen LogP contribution in [0.5, 0.6) is 0 Å². The van der Waals surface area contributed by atoms with Crippen molar-refractivity contribution < 1.29 is 38.1 Å². The zero-order valence-electron chi connectivity index (χ0n) is 34.7. The van der Waals surface area contributed by atoms with Crippen LogP contribution in [0, 0.1) is 17.3 Å².